The van der Waals surface area contributed by atoms with E-state index in [1.165, 1.54) is 185 Å². The van der Waals surface area contributed by atoms with Crippen molar-refractivity contribution in [2.75, 3.05) is 0 Å². The van der Waals surface area contributed by atoms with E-state index in [0.717, 1.165) is 24.8 Å². The van der Waals surface area contributed by atoms with Crippen LogP contribution in [0.4, 0.5) is 0 Å². The fourth-order valence-electron chi connectivity index (χ4n) is 6.57. The van der Waals surface area contributed by atoms with Crippen LogP contribution < -0.4 is 0 Å². The number of unbranched alkanes of at least 4 members (excludes halogenated alkanes) is 28. The van der Waals surface area contributed by atoms with Crippen LogP contribution in [0.3, 0.4) is 0 Å². The van der Waals surface area contributed by atoms with Crippen molar-refractivity contribution >= 4 is 5.91 Å². The molecular formula is C46H79NO. The van der Waals surface area contributed by atoms with Crippen molar-refractivity contribution in [3.05, 3.63) is 72.6 Å². The van der Waals surface area contributed by atoms with Crippen molar-refractivity contribution in [3.63, 3.8) is 0 Å². The van der Waals surface area contributed by atoms with Gasteiger partial charge in [0.1, 0.15) is 0 Å². The Balaban J connectivity index is 2.28. The number of nitrogens with zero attached hydrogens (tertiary/aromatic N) is 1. The Bertz CT molecular complexity index is 855. The lowest BCUT2D eigenvalue weighted by molar-refractivity contribution is 0.0869. The predicted molar refractivity (Wildman–Crippen MR) is 215 cm³/mol. The summed E-state index contributed by atoms with van der Waals surface area (Å²) in [6.45, 7) is 8.42. The van der Waals surface area contributed by atoms with Gasteiger partial charge in [-0.25, -0.2) is 0 Å². The molecule has 0 fully saturated rings. The first-order chi connectivity index (χ1) is 23.7. The number of hydrogen-bond donors (Lipinski definition) is 0. The van der Waals surface area contributed by atoms with Gasteiger partial charge in [0.15, 0.2) is 0 Å². The van der Waals surface area contributed by atoms with Crippen LogP contribution in [0.25, 0.3) is 0 Å². The average Bonchev–Trinajstić information content (AvgIpc) is 3.10. The van der Waals surface area contributed by atoms with Gasteiger partial charge in [-0.3, -0.25) is 9.69 Å². The highest BCUT2D eigenvalue weighted by atomic mass is 16.2. The molecule has 0 bridgehead atoms. The SMILES string of the molecule is C=CCc1ccc(C(=O)N(C=CCCCCCCCCCCCCCCCC)C=CCCCCCCCCCCCCCCCC)cc1. The lowest BCUT2D eigenvalue weighted by Gasteiger charge is -2.14. The van der Waals surface area contributed by atoms with Crippen LogP contribution in [-0.2, 0) is 6.42 Å². The van der Waals surface area contributed by atoms with Gasteiger partial charge in [0, 0.05) is 18.0 Å². The summed E-state index contributed by atoms with van der Waals surface area (Å²) in [6, 6.07) is 8.00. The van der Waals surface area contributed by atoms with E-state index in [1.807, 2.05) is 42.7 Å². The van der Waals surface area contributed by atoms with Gasteiger partial charge in [0.25, 0.3) is 5.91 Å². The van der Waals surface area contributed by atoms with E-state index in [9.17, 15) is 4.79 Å². The van der Waals surface area contributed by atoms with Gasteiger partial charge in [-0.05, 0) is 49.8 Å². The molecule has 0 unspecified atom stereocenters. The lowest BCUT2D eigenvalue weighted by Crippen LogP contribution is -2.20. The Hall–Kier alpha value is -2.09. The summed E-state index contributed by atoms with van der Waals surface area (Å²) in [5, 5.41) is 0. The number of rotatable bonds is 35. The normalized spacial score (nSPS) is 11.6. The molecule has 0 saturated heterocycles. The molecular weight excluding hydrogens is 583 g/mol. The molecule has 0 heterocycles. The Kier molecular flexibility index (Phi) is 31.8. The largest absolute Gasteiger partial charge is 0.291 e. The Morgan fingerprint density at radius 1 is 0.500 bits per heavy atom. The molecule has 0 aromatic heterocycles. The zero-order chi connectivity index (χ0) is 34.6. The summed E-state index contributed by atoms with van der Waals surface area (Å²) < 4.78 is 0. The van der Waals surface area contributed by atoms with Crippen LogP contribution in [-0.4, -0.2) is 10.8 Å². The van der Waals surface area contributed by atoms with Crippen molar-refractivity contribution in [2.45, 2.75) is 213 Å². The number of benzene rings is 1. The Morgan fingerprint density at radius 2 is 0.812 bits per heavy atom. The third-order valence-electron chi connectivity index (χ3n) is 9.80. The summed E-state index contributed by atoms with van der Waals surface area (Å²) in [5.74, 6) is 0.0505. The van der Waals surface area contributed by atoms with Crippen molar-refractivity contribution in [1.82, 2.24) is 4.90 Å². The van der Waals surface area contributed by atoms with E-state index in [1.54, 1.807) is 4.90 Å². The molecule has 0 atom stereocenters. The first-order valence-electron chi connectivity index (χ1n) is 21.1. The molecule has 1 aromatic carbocycles. The summed E-state index contributed by atoms with van der Waals surface area (Å²) in [5.41, 5.74) is 1.93. The quantitative estimate of drug-likeness (QED) is 0.0523. The second-order valence-corrected chi connectivity index (χ2v) is 14.4. The molecule has 274 valence electrons. The van der Waals surface area contributed by atoms with Crippen LogP contribution in [0.2, 0.25) is 0 Å². The van der Waals surface area contributed by atoms with E-state index in [4.69, 9.17) is 0 Å². The van der Waals surface area contributed by atoms with Gasteiger partial charge in [0.2, 0.25) is 0 Å². The zero-order valence-corrected chi connectivity index (χ0v) is 32.2. The highest BCUT2D eigenvalue weighted by Crippen LogP contribution is 2.16. The van der Waals surface area contributed by atoms with E-state index in [-0.39, 0.29) is 5.91 Å². The van der Waals surface area contributed by atoms with Crippen LogP contribution in [0.5, 0.6) is 0 Å². The number of carbonyl (C=O) groups is 1. The first-order valence-corrected chi connectivity index (χ1v) is 21.1. The molecule has 0 spiro atoms. The molecule has 48 heavy (non-hydrogen) atoms. The number of hydrogen-bond acceptors (Lipinski definition) is 1. The maximum atomic E-state index is 13.4. The molecule has 1 aromatic rings. The van der Waals surface area contributed by atoms with Gasteiger partial charge in [0.05, 0.1) is 0 Å². The zero-order valence-electron chi connectivity index (χ0n) is 32.2. The van der Waals surface area contributed by atoms with Gasteiger partial charge < -0.3 is 0 Å². The van der Waals surface area contributed by atoms with Gasteiger partial charge in [-0.2, -0.15) is 0 Å². The molecule has 0 N–H and O–H groups in total. The Morgan fingerprint density at radius 3 is 1.12 bits per heavy atom. The van der Waals surface area contributed by atoms with Gasteiger partial charge in [-0.1, -0.05) is 211 Å². The fourth-order valence-corrected chi connectivity index (χ4v) is 6.57. The molecule has 0 radical (unpaired) electrons. The number of carbonyl (C=O) groups excluding carboxylic acids is 1. The van der Waals surface area contributed by atoms with E-state index in [2.05, 4.69) is 32.6 Å². The van der Waals surface area contributed by atoms with Crippen LogP contribution >= 0.6 is 0 Å². The molecule has 0 aliphatic carbocycles. The lowest BCUT2D eigenvalue weighted by atomic mass is 10.0. The highest BCUT2D eigenvalue weighted by molar-refractivity contribution is 5.95. The van der Waals surface area contributed by atoms with Gasteiger partial charge >= 0.3 is 0 Å². The summed E-state index contributed by atoms with van der Waals surface area (Å²) in [7, 11) is 0. The van der Waals surface area contributed by atoms with Crippen LogP contribution in [0.1, 0.15) is 222 Å². The second-order valence-electron chi connectivity index (χ2n) is 14.4. The predicted octanol–water partition coefficient (Wildman–Crippen LogP) is 15.6. The molecule has 0 aliphatic heterocycles. The monoisotopic (exact) mass is 662 g/mol. The summed E-state index contributed by atoms with van der Waals surface area (Å²) in [6.07, 6.45) is 51.9. The minimum Gasteiger partial charge on any atom is -0.291 e. The fraction of sp³-hybridized carbons (Fsp3) is 0.717. The van der Waals surface area contributed by atoms with Crippen molar-refractivity contribution in [3.8, 4) is 0 Å². The third kappa shape index (κ3) is 26.8. The standard InChI is InChI=1S/C46H79NO/c1-4-7-9-11-13-15-17-19-21-23-25-27-29-31-33-35-42-47(46(48)45-40-38-44(37-6-3)39-41-45)43-36-34-32-30-28-26-24-22-20-18-16-14-12-10-8-5-2/h6,35-36,38-43H,3-5,7-34,37H2,1-2H3. The smallest absolute Gasteiger partial charge is 0.261 e. The topological polar surface area (TPSA) is 20.3 Å². The van der Waals surface area contributed by atoms with Gasteiger partial charge in [-0.15, -0.1) is 6.58 Å². The van der Waals surface area contributed by atoms with E-state index < -0.39 is 0 Å². The number of allylic oxidation sites excluding steroid dienone is 3. The molecule has 0 aliphatic rings. The molecule has 1 rings (SSSR count). The molecule has 2 heteroatoms. The van der Waals surface area contributed by atoms with Crippen molar-refractivity contribution in [2.24, 2.45) is 0 Å². The third-order valence-corrected chi connectivity index (χ3v) is 9.80. The maximum absolute atomic E-state index is 13.4. The Labute approximate surface area is 300 Å². The maximum Gasteiger partial charge on any atom is 0.261 e. The highest BCUT2D eigenvalue weighted by Gasteiger charge is 2.11. The van der Waals surface area contributed by atoms with E-state index in [0.29, 0.717) is 0 Å². The summed E-state index contributed by atoms with van der Waals surface area (Å²) in [4.78, 5) is 15.2. The van der Waals surface area contributed by atoms with Crippen LogP contribution in [0.15, 0.2) is 61.5 Å². The average molecular weight is 662 g/mol. The minimum absolute atomic E-state index is 0.0505. The van der Waals surface area contributed by atoms with Crippen molar-refractivity contribution < 1.29 is 4.79 Å². The summed E-state index contributed by atoms with van der Waals surface area (Å²) >= 11 is 0. The van der Waals surface area contributed by atoms with Crippen LogP contribution in [0, 0.1) is 0 Å². The van der Waals surface area contributed by atoms with E-state index >= 15 is 0 Å². The molecule has 0 saturated carbocycles. The second kappa shape index (κ2) is 34.8. The number of amides is 1. The molecule has 1 amide bonds. The van der Waals surface area contributed by atoms with Crippen molar-refractivity contribution in [1.29, 1.82) is 0 Å². The first kappa shape index (κ1) is 43.9. The minimum atomic E-state index is 0.0505. The molecule has 2 nitrogen and oxygen atoms in total.